The average molecular weight is 1090 g/mol. The number of carbonyl (C=O) groups is 11. The Kier molecular flexibility index (Phi) is 27.8. The molecule has 9 atom stereocenters. The van der Waals surface area contributed by atoms with E-state index in [-0.39, 0.29) is 55.8 Å². The highest BCUT2D eigenvalue weighted by Gasteiger charge is 2.42. The molecular formula is C55H99N11O11. The third kappa shape index (κ3) is 19.9. The molecular weight excluding hydrogens is 991 g/mol. The van der Waals surface area contributed by atoms with Crippen molar-refractivity contribution in [3.63, 3.8) is 0 Å². The van der Waals surface area contributed by atoms with Gasteiger partial charge in [-0.2, -0.15) is 0 Å². The lowest BCUT2D eigenvalue weighted by molar-refractivity contribution is -0.155. The zero-order valence-electron chi connectivity index (χ0n) is 50.7. The Morgan fingerprint density at radius 1 is 0.403 bits per heavy atom. The van der Waals surface area contributed by atoms with Gasteiger partial charge >= 0.3 is 0 Å². The first-order chi connectivity index (χ1) is 35.4. The van der Waals surface area contributed by atoms with Crippen LogP contribution in [-0.4, -0.2) is 216 Å². The van der Waals surface area contributed by atoms with Crippen molar-refractivity contribution in [2.24, 2.45) is 35.5 Å². The molecule has 0 aromatic heterocycles. The summed E-state index contributed by atoms with van der Waals surface area (Å²) in [6.07, 6.45) is 0.874. The molecule has 0 aromatic rings. The van der Waals surface area contributed by atoms with Crippen molar-refractivity contribution < 1.29 is 52.7 Å². The second-order valence-electron chi connectivity index (χ2n) is 23.7. The van der Waals surface area contributed by atoms with Crippen LogP contribution in [0.5, 0.6) is 0 Å². The van der Waals surface area contributed by atoms with E-state index >= 15 is 0 Å². The van der Waals surface area contributed by atoms with E-state index in [2.05, 4.69) is 21.3 Å². The van der Waals surface area contributed by atoms with Crippen LogP contribution in [0.3, 0.4) is 0 Å². The van der Waals surface area contributed by atoms with Crippen molar-refractivity contribution in [1.29, 1.82) is 0 Å². The molecule has 1 saturated heterocycles. The molecule has 1 rings (SSSR count). The normalized spacial score (nSPS) is 26.5. The second kappa shape index (κ2) is 30.9. The van der Waals surface area contributed by atoms with Gasteiger partial charge in [0.25, 0.3) is 0 Å². The highest BCUT2D eigenvalue weighted by atomic mass is 16.2. The van der Waals surface area contributed by atoms with E-state index in [0.29, 0.717) is 0 Å². The van der Waals surface area contributed by atoms with Gasteiger partial charge in [0.1, 0.15) is 54.4 Å². The van der Waals surface area contributed by atoms with Gasteiger partial charge in [-0.15, -0.1) is 0 Å². The molecule has 0 aliphatic carbocycles. The topological polar surface area (TPSA) is 259 Å². The van der Waals surface area contributed by atoms with E-state index in [1.807, 2.05) is 55.4 Å². The predicted molar refractivity (Wildman–Crippen MR) is 295 cm³/mol. The van der Waals surface area contributed by atoms with Crippen LogP contribution in [0.4, 0.5) is 0 Å². The van der Waals surface area contributed by atoms with E-state index < -0.39 is 144 Å². The van der Waals surface area contributed by atoms with Crippen molar-refractivity contribution in [3.05, 3.63) is 0 Å². The number of hydrogen-bond acceptors (Lipinski definition) is 11. The summed E-state index contributed by atoms with van der Waals surface area (Å²) in [6, 6.07) is -10.1. The minimum absolute atomic E-state index is 0.103. The van der Waals surface area contributed by atoms with Crippen LogP contribution in [0.1, 0.15) is 136 Å². The molecule has 11 amide bonds. The van der Waals surface area contributed by atoms with Crippen LogP contribution < -0.4 is 21.3 Å². The van der Waals surface area contributed by atoms with Crippen LogP contribution >= 0.6 is 0 Å². The summed E-state index contributed by atoms with van der Waals surface area (Å²) >= 11 is 0. The smallest absolute Gasteiger partial charge is 0.245 e. The van der Waals surface area contributed by atoms with Gasteiger partial charge in [-0.25, -0.2) is 0 Å². The van der Waals surface area contributed by atoms with Crippen molar-refractivity contribution in [3.8, 4) is 0 Å². The number of hydrogen-bond donors (Lipinski definition) is 4. The number of likely N-dealkylation sites (N-methyl/N-ethyl adjacent to an activating group) is 7. The third-order valence-electron chi connectivity index (χ3n) is 14.2. The van der Waals surface area contributed by atoms with Crippen molar-refractivity contribution in [2.45, 2.75) is 190 Å². The van der Waals surface area contributed by atoms with Gasteiger partial charge in [0, 0.05) is 49.3 Å². The summed E-state index contributed by atoms with van der Waals surface area (Å²) in [6.45, 7) is 25.6. The Labute approximate surface area is 460 Å². The molecule has 1 aliphatic rings. The Hall–Kier alpha value is -5.83. The minimum atomic E-state index is -1.20. The van der Waals surface area contributed by atoms with Crippen molar-refractivity contribution in [1.82, 2.24) is 55.6 Å². The molecule has 0 aromatic carbocycles. The van der Waals surface area contributed by atoms with Crippen LogP contribution in [0.2, 0.25) is 0 Å². The Morgan fingerprint density at radius 2 is 0.792 bits per heavy atom. The SMILES string of the molecule is CC[C@@H]1NC(=O)CN(C)C(=O)C(C(C)C)N(C)C(=O)[C@H](CC(C)C)N(C)C(=O)[C@H](CC(C)C)N(C)C(=O)[C@@H](C)NC(=O)[C@H](C)NC(=O)[C@H](CC(C)C)N(C)C(=O)C(C(C)C)NC(=O)[C@H](CC(C)C)N(C)C(=O)CN(C)C1=O. The lowest BCUT2D eigenvalue weighted by Gasteiger charge is -2.40. The maximum atomic E-state index is 14.7. The summed E-state index contributed by atoms with van der Waals surface area (Å²) in [5, 5.41) is 10.9. The fourth-order valence-corrected chi connectivity index (χ4v) is 9.48. The molecule has 4 N–H and O–H groups in total. The Morgan fingerprint density at radius 3 is 1.23 bits per heavy atom. The fraction of sp³-hybridized carbons (Fsp3) is 0.800. The zero-order chi connectivity index (χ0) is 59.8. The molecule has 2 unspecified atom stereocenters. The monoisotopic (exact) mass is 1090 g/mol. The molecule has 440 valence electrons. The first-order valence-electron chi connectivity index (χ1n) is 27.5. The molecule has 0 radical (unpaired) electrons. The number of amides is 11. The van der Waals surface area contributed by atoms with E-state index in [4.69, 9.17) is 0 Å². The summed E-state index contributed by atoms with van der Waals surface area (Å²) in [4.78, 5) is 165. The lowest BCUT2D eigenvalue weighted by atomic mass is 9.95. The molecule has 1 aliphatic heterocycles. The average Bonchev–Trinajstić information content (AvgIpc) is 3.33. The number of carbonyl (C=O) groups excluding carboxylic acids is 11. The van der Waals surface area contributed by atoms with Gasteiger partial charge in [0.2, 0.25) is 65.0 Å². The molecule has 22 nitrogen and oxygen atoms in total. The maximum Gasteiger partial charge on any atom is 0.245 e. The lowest BCUT2D eigenvalue weighted by Crippen LogP contribution is -2.61. The molecule has 0 spiro atoms. The van der Waals surface area contributed by atoms with E-state index in [1.54, 1.807) is 34.6 Å². The minimum Gasteiger partial charge on any atom is -0.343 e. The van der Waals surface area contributed by atoms with Crippen LogP contribution in [0.15, 0.2) is 0 Å². The fourth-order valence-electron chi connectivity index (χ4n) is 9.48. The number of nitrogens with zero attached hydrogens (tertiary/aromatic N) is 7. The Bertz CT molecular complexity index is 2080. The zero-order valence-corrected chi connectivity index (χ0v) is 50.7. The second-order valence-corrected chi connectivity index (χ2v) is 23.7. The largest absolute Gasteiger partial charge is 0.343 e. The molecule has 22 heteroatoms. The standard InChI is InChI=1S/C55H99N11O11/c1-23-38-51(73)61(17)29-44(68)62(18)39(24-30(2)3)49(71)59-45(34(10)11)54(76)63(19)40(25-31(4)5)48(70)56-36(14)47(69)57-37(15)50(72)64(20)41(26-32(6)7)52(74)65(21)42(27-33(8)9)53(75)66(22)46(35(12)13)55(77)60(16)28-43(67)58-38/h30-42,45-46H,23-29H2,1-22H3,(H,56,70)(H,57,69)(H,58,67)(H,59,71)/t36-,37+,38-,39-,40-,41-,42-,45?,46?/m0/s1. The van der Waals surface area contributed by atoms with Gasteiger partial charge < -0.3 is 55.6 Å². The van der Waals surface area contributed by atoms with Gasteiger partial charge in [0.05, 0.1) is 13.1 Å². The first-order valence-corrected chi connectivity index (χ1v) is 27.5. The van der Waals surface area contributed by atoms with Gasteiger partial charge in [0.15, 0.2) is 0 Å². The van der Waals surface area contributed by atoms with Gasteiger partial charge in [-0.1, -0.05) is 90.0 Å². The molecule has 0 saturated carbocycles. The molecule has 1 fully saturated rings. The van der Waals surface area contributed by atoms with Crippen LogP contribution in [-0.2, 0) is 52.7 Å². The van der Waals surface area contributed by atoms with Crippen LogP contribution in [0.25, 0.3) is 0 Å². The van der Waals surface area contributed by atoms with Crippen molar-refractivity contribution in [2.75, 3.05) is 62.4 Å². The summed E-state index contributed by atoms with van der Waals surface area (Å²) in [7, 11) is 10.1. The summed E-state index contributed by atoms with van der Waals surface area (Å²) in [5.41, 5.74) is 0. The van der Waals surface area contributed by atoms with E-state index in [9.17, 15) is 52.7 Å². The van der Waals surface area contributed by atoms with E-state index in [1.165, 1.54) is 87.7 Å². The van der Waals surface area contributed by atoms with Crippen molar-refractivity contribution >= 4 is 65.0 Å². The van der Waals surface area contributed by atoms with Gasteiger partial charge in [-0.3, -0.25) is 52.7 Å². The molecule has 77 heavy (non-hydrogen) atoms. The first kappa shape index (κ1) is 69.2. The quantitative estimate of drug-likeness (QED) is 0.233. The maximum absolute atomic E-state index is 14.7. The predicted octanol–water partition coefficient (Wildman–Crippen LogP) is 1.94. The van der Waals surface area contributed by atoms with E-state index in [0.717, 1.165) is 9.80 Å². The molecule has 1 heterocycles. The highest BCUT2D eigenvalue weighted by molar-refractivity contribution is 5.99. The van der Waals surface area contributed by atoms with Gasteiger partial charge in [-0.05, 0) is 81.5 Å². The Balaban J connectivity index is 4.04. The number of nitrogens with one attached hydrogen (secondary N) is 4. The van der Waals surface area contributed by atoms with Crippen LogP contribution in [0, 0.1) is 35.5 Å². The third-order valence-corrected chi connectivity index (χ3v) is 14.2. The summed E-state index contributed by atoms with van der Waals surface area (Å²) in [5.74, 6) is -8.17. The number of rotatable bonds is 11. The highest BCUT2D eigenvalue weighted by Crippen LogP contribution is 2.23. The summed E-state index contributed by atoms with van der Waals surface area (Å²) < 4.78 is 0. The molecule has 0 bridgehead atoms.